The highest BCUT2D eigenvalue weighted by Crippen LogP contribution is 2.31. The van der Waals surface area contributed by atoms with Crippen molar-refractivity contribution in [2.45, 2.75) is 25.8 Å². The van der Waals surface area contributed by atoms with Crippen LogP contribution in [0.5, 0.6) is 0 Å². The smallest absolute Gasteiger partial charge is 0.315 e. The zero-order chi connectivity index (χ0) is 13.7. The Morgan fingerprint density at radius 2 is 2.26 bits per heavy atom. The predicted octanol–water partition coefficient (Wildman–Crippen LogP) is 1.44. The second-order valence-electron chi connectivity index (χ2n) is 4.68. The number of nitrogens with zero attached hydrogens (tertiary/aromatic N) is 1. The number of amides is 2. The van der Waals surface area contributed by atoms with Crippen LogP contribution in [0.2, 0.25) is 0 Å². The van der Waals surface area contributed by atoms with Crippen LogP contribution in [-0.4, -0.2) is 28.6 Å². The van der Waals surface area contributed by atoms with E-state index in [1.165, 1.54) is 11.3 Å². The van der Waals surface area contributed by atoms with Crippen LogP contribution in [0.3, 0.4) is 0 Å². The van der Waals surface area contributed by atoms with Gasteiger partial charge in [-0.2, -0.15) is 0 Å². The molecule has 0 saturated heterocycles. The van der Waals surface area contributed by atoms with Gasteiger partial charge in [0, 0.05) is 11.9 Å². The average Bonchev–Trinajstić information content (AvgIpc) is 3.04. The molecular weight excluding hydrogens is 266 g/mol. The fourth-order valence-electron chi connectivity index (χ4n) is 2.39. The summed E-state index contributed by atoms with van der Waals surface area (Å²) < 4.78 is 0. The van der Waals surface area contributed by atoms with E-state index in [1.54, 1.807) is 5.51 Å². The summed E-state index contributed by atoms with van der Waals surface area (Å²) in [5.74, 6) is -1.03. The Kier molecular flexibility index (Phi) is 4.73. The molecule has 7 heteroatoms. The average molecular weight is 283 g/mol. The van der Waals surface area contributed by atoms with Gasteiger partial charge in [-0.3, -0.25) is 4.79 Å². The minimum atomic E-state index is -0.757. The molecule has 6 nitrogen and oxygen atoms in total. The van der Waals surface area contributed by atoms with Gasteiger partial charge in [0.15, 0.2) is 0 Å². The lowest BCUT2D eigenvalue weighted by atomic mass is 9.96. The molecule has 0 aliphatic heterocycles. The molecule has 1 heterocycles. The molecule has 0 radical (unpaired) electrons. The summed E-state index contributed by atoms with van der Waals surface area (Å²) >= 11 is 1.48. The number of carboxylic acids is 1. The lowest BCUT2D eigenvalue weighted by molar-refractivity contribution is -0.142. The number of nitrogens with one attached hydrogen (secondary N) is 2. The summed E-state index contributed by atoms with van der Waals surface area (Å²) in [6, 6.07) is -0.274. The summed E-state index contributed by atoms with van der Waals surface area (Å²) in [5, 5.41) is 16.3. The minimum Gasteiger partial charge on any atom is -0.481 e. The first-order valence-electron chi connectivity index (χ1n) is 6.28. The van der Waals surface area contributed by atoms with Crippen LogP contribution >= 0.6 is 11.3 Å². The molecular formula is C12H17N3O3S. The van der Waals surface area contributed by atoms with Gasteiger partial charge in [-0.1, -0.05) is 6.42 Å². The number of hydrogen-bond donors (Lipinski definition) is 3. The third-order valence-corrected chi connectivity index (χ3v) is 4.05. The molecule has 1 aliphatic rings. The molecule has 1 fully saturated rings. The Morgan fingerprint density at radius 1 is 1.42 bits per heavy atom. The molecule has 1 saturated carbocycles. The van der Waals surface area contributed by atoms with Crippen LogP contribution < -0.4 is 10.6 Å². The third kappa shape index (κ3) is 3.92. The highest BCUT2D eigenvalue weighted by molar-refractivity contribution is 7.07. The number of urea groups is 1. The molecule has 2 atom stereocenters. The molecule has 19 heavy (non-hydrogen) atoms. The Hall–Kier alpha value is -1.63. The molecule has 2 amide bonds. The van der Waals surface area contributed by atoms with Gasteiger partial charge >= 0.3 is 12.0 Å². The zero-order valence-corrected chi connectivity index (χ0v) is 11.3. The number of aromatic nitrogens is 1. The minimum absolute atomic E-state index is 0.0440. The van der Waals surface area contributed by atoms with Gasteiger partial charge in [0.2, 0.25) is 0 Å². The molecule has 2 rings (SSSR count). The van der Waals surface area contributed by atoms with Crippen molar-refractivity contribution >= 4 is 23.3 Å². The zero-order valence-electron chi connectivity index (χ0n) is 10.5. The maximum atomic E-state index is 11.6. The fourth-order valence-corrected chi connectivity index (χ4v) is 2.95. The molecule has 0 aromatic carbocycles. The Bertz CT molecular complexity index is 435. The Labute approximate surface area is 115 Å². The monoisotopic (exact) mass is 283 g/mol. The number of carbonyl (C=O) groups excluding carboxylic acids is 1. The van der Waals surface area contributed by atoms with Crippen molar-refractivity contribution in [2.75, 3.05) is 6.54 Å². The molecule has 1 aromatic heterocycles. The topological polar surface area (TPSA) is 91.3 Å². The number of aliphatic carboxylic acids is 1. The van der Waals surface area contributed by atoms with Gasteiger partial charge in [-0.05, 0) is 18.8 Å². The van der Waals surface area contributed by atoms with Gasteiger partial charge in [0.1, 0.15) is 0 Å². The summed E-state index contributed by atoms with van der Waals surface area (Å²) in [6.07, 6.45) is 2.50. The van der Waals surface area contributed by atoms with Crippen LogP contribution in [0.1, 0.15) is 25.0 Å². The lowest BCUT2D eigenvalue weighted by Gasteiger charge is -2.16. The van der Waals surface area contributed by atoms with Gasteiger partial charge in [-0.15, -0.1) is 11.3 Å². The first kappa shape index (κ1) is 13.8. The third-order valence-electron chi connectivity index (χ3n) is 3.41. The summed E-state index contributed by atoms with van der Waals surface area (Å²) in [6.45, 7) is 0.808. The highest BCUT2D eigenvalue weighted by Gasteiger charge is 2.32. The summed E-state index contributed by atoms with van der Waals surface area (Å²) in [5.41, 5.74) is 2.54. The van der Waals surface area contributed by atoms with Crippen LogP contribution in [0, 0.1) is 11.8 Å². The molecule has 0 bridgehead atoms. The van der Waals surface area contributed by atoms with Crippen molar-refractivity contribution in [1.82, 2.24) is 15.6 Å². The molecule has 3 N–H and O–H groups in total. The molecule has 1 aromatic rings. The molecule has 2 unspecified atom stereocenters. The van der Waals surface area contributed by atoms with Crippen molar-refractivity contribution in [3.63, 3.8) is 0 Å². The quantitative estimate of drug-likeness (QED) is 0.762. The molecule has 104 valence electrons. The second kappa shape index (κ2) is 6.51. The fraction of sp³-hybridized carbons (Fsp3) is 0.583. The molecule has 1 aliphatic carbocycles. The van der Waals surface area contributed by atoms with Crippen LogP contribution in [0.15, 0.2) is 10.9 Å². The maximum absolute atomic E-state index is 11.6. The van der Waals surface area contributed by atoms with E-state index in [-0.39, 0.29) is 17.9 Å². The largest absolute Gasteiger partial charge is 0.481 e. The number of carbonyl (C=O) groups is 2. The molecule has 0 spiro atoms. The first-order chi connectivity index (χ1) is 9.16. The van der Waals surface area contributed by atoms with Crippen molar-refractivity contribution < 1.29 is 14.7 Å². The van der Waals surface area contributed by atoms with E-state index in [9.17, 15) is 9.59 Å². The van der Waals surface area contributed by atoms with Crippen molar-refractivity contribution in [2.24, 2.45) is 11.8 Å². The maximum Gasteiger partial charge on any atom is 0.315 e. The van der Waals surface area contributed by atoms with E-state index < -0.39 is 5.97 Å². The Balaban J connectivity index is 1.70. The highest BCUT2D eigenvalue weighted by atomic mass is 32.1. The van der Waals surface area contributed by atoms with Crippen LogP contribution in [0.25, 0.3) is 0 Å². The standard InChI is InChI=1S/C12H17N3O3S/c16-11(17)10-3-1-2-8(10)4-13-12(18)14-5-9-6-19-7-15-9/h6-8,10H,1-5H2,(H,16,17)(H2,13,14,18). The lowest BCUT2D eigenvalue weighted by Crippen LogP contribution is -2.39. The van der Waals surface area contributed by atoms with E-state index in [0.717, 1.165) is 18.5 Å². The number of carboxylic acid groups (broad SMARTS) is 1. The SMILES string of the molecule is O=C(NCc1cscn1)NCC1CCCC1C(=O)O. The van der Waals surface area contributed by atoms with Crippen molar-refractivity contribution in [3.05, 3.63) is 16.6 Å². The van der Waals surface area contributed by atoms with Crippen molar-refractivity contribution in [1.29, 1.82) is 0 Å². The first-order valence-corrected chi connectivity index (χ1v) is 7.22. The normalized spacial score (nSPS) is 22.1. The van der Waals surface area contributed by atoms with E-state index >= 15 is 0 Å². The number of hydrogen-bond acceptors (Lipinski definition) is 4. The van der Waals surface area contributed by atoms with E-state index in [0.29, 0.717) is 19.5 Å². The number of rotatable bonds is 5. The van der Waals surface area contributed by atoms with E-state index in [1.807, 2.05) is 5.38 Å². The van der Waals surface area contributed by atoms with Gasteiger partial charge in [0.25, 0.3) is 0 Å². The predicted molar refractivity (Wildman–Crippen MR) is 70.8 cm³/mol. The Morgan fingerprint density at radius 3 is 2.95 bits per heavy atom. The van der Waals surface area contributed by atoms with E-state index in [2.05, 4.69) is 15.6 Å². The van der Waals surface area contributed by atoms with Crippen LogP contribution in [-0.2, 0) is 11.3 Å². The van der Waals surface area contributed by atoms with Crippen molar-refractivity contribution in [3.8, 4) is 0 Å². The van der Waals surface area contributed by atoms with Crippen LogP contribution in [0.4, 0.5) is 4.79 Å². The summed E-state index contributed by atoms with van der Waals surface area (Å²) in [7, 11) is 0. The summed E-state index contributed by atoms with van der Waals surface area (Å²) in [4.78, 5) is 26.6. The van der Waals surface area contributed by atoms with Gasteiger partial charge in [-0.25, -0.2) is 9.78 Å². The van der Waals surface area contributed by atoms with Gasteiger partial charge < -0.3 is 15.7 Å². The van der Waals surface area contributed by atoms with Gasteiger partial charge in [0.05, 0.1) is 23.7 Å². The van der Waals surface area contributed by atoms with E-state index in [4.69, 9.17) is 5.11 Å². The second-order valence-corrected chi connectivity index (χ2v) is 5.40. The number of thiazole rings is 1.